The highest BCUT2D eigenvalue weighted by Crippen LogP contribution is 2.33. The van der Waals surface area contributed by atoms with Crippen LogP contribution in [0.1, 0.15) is 328 Å². The first-order valence-corrected chi connectivity index (χ1v) is 40.9. The Morgan fingerprint density at radius 1 is 0.350 bits per heavy atom. The molecule has 3 aliphatic heterocycles. The lowest BCUT2D eigenvalue weighted by atomic mass is 9.96. The Hall–Kier alpha value is -2.25. The van der Waals surface area contributed by atoms with E-state index in [2.05, 4.69) is 55.6 Å². The zero-order valence-corrected chi connectivity index (χ0v) is 62.7. The number of rotatable bonds is 65. The molecule has 19 nitrogen and oxygen atoms in total. The smallest absolute Gasteiger partial charge is 0.220 e. The van der Waals surface area contributed by atoms with Gasteiger partial charge in [-0.15, -0.1) is 0 Å². The van der Waals surface area contributed by atoms with Crippen LogP contribution in [0.2, 0.25) is 0 Å². The van der Waals surface area contributed by atoms with Crippen LogP contribution in [0.4, 0.5) is 0 Å². The van der Waals surface area contributed by atoms with Gasteiger partial charge >= 0.3 is 0 Å². The average molecular weight is 1430 g/mol. The number of nitrogens with one attached hydrogen (secondary N) is 1. The van der Waals surface area contributed by atoms with E-state index in [0.29, 0.717) is 12.8 Å². The Morgan fingerprint density at radius 3 is 1.00 bits per heavy atom. The van der Waals surface area contributed by atoms with E-state index in [1.54, 1.807) is 6.08 Å². The molecule has 0 saturated carbocycles. The topological polar surface area (TPSA) is 307 Å². The normalized spacial score (nSPS) is 26.7. The standard InChI is InChI=1S/C81H149NO18/c1-3-5-7-9-11-13-15-17-19-21-23-25-27-28-29-30-31-32-33-34-35-36-37-39-41-43-45-47-49-51-53-55-57-59-69(87)82-64(65(86)58-56-54-52-50-48-46-44-42-40-38-26-24-22-20-18-16-14-12-10-8-6-4-2)63-95-79-75(93)72(90)77(67(61-84)97-79)100-81-76(94)73(91)78(68(62-85)98-81)99-80-74(92)71(89)70(88)66(60-83)96-80/h21,23,40,42,48,50,56,58,64-68,70-81,83-86,88-94H,3-20,22,24-39,41,43-47,49,51-55,57,59-63H2,1-2H3,(H,82,87)/b23-21-,42-40+,50-48+,58-56+. The summed E-state index contributed by atoms with van der Waals surface area (Å²) in [5, 5.41) is 121. The minimum Gasteiger partial charge on any atom is -0.394 e. The van der Waals surface area contributed by atoms with Crippen LogP contribution in [0.25, 0.3) is 0 Å². The third kappa shape index (κ3) is 41.6. The van der Waals surface area contributed by atoms with E-state index in [-0.39, 0.29) is 18.9 Å². The number of allylic oxidation sites excluding steroid dienone is 7. The SMILES string of the molecule is CCCCCCCCCC/C=C\CCCCCCCCCCCCCCCCCCCCCCCC(=O)NC(COC1OC(CO)C(OC2OC(CO)C(OC3OC(CO)C(O)C(O)C3O)C(O)C2O)C(O)C1O)C(O)/C=C/CC/C=C/CC/C=C/CCCCCCCCCCCCCC. The molecule has 3 heterocycles. The Bertz CT molecular complexity index is 1990. The van der Waals surface area contributed by atoms with Gasteiger partial charge in [-0.05, 0) is 70.6 Å². The van der Waals surface area contributed by atoms with Crippen molar-refractivity contribution in [1.29, 1.82) is 0 Å². The molecule has 0 radical (unpaired) electrons. The summed E-state index contributed by atoms with van der Waals surface area (Å²) in [6.07, 6.45) is 51.1. The van der Waals surface area contributed by atoms with Crippen molar-refractivity contribution in [3.63, 3.8) is 0 Å². The Balaban J connectivity index is 1.36. The Labute approximate surface area is 605 Å². The first-order valence-electron chi connectivity index (χ1n) is 40.9. The molecule has 17 atom stereocenters. The fourth-order valence-electron chi connectivity index (χ4n) is 13.8. The van der Waals surface area contributed by atoms with Gasteiger partial charge in [0.1, 0.15) is 73.2 Å². The van der Waals surface area contributed by atoms with Crippen molar-refractivity contribution in [2.75, 3.05) is 26.4 Å². The number of aliphatic hydroxyl groups is 11. The highest BCUT2D eigenvalue weighted by molar-refractivity contribution is 5.76. The maximum Gasteiger partial charge on any atom is 0.220 e. The molecule has 0 aromatic carbocycles. The molecule has 0 aromatic rings. The number of carbonyl (C=O) groups excluding carboxylic acids is 1. The second kappa shape index (κ2) is 61.9. The lowest BCUT2D eigenvalue weighted by Crippen LogP contribution is -2.66. The third-order valence-corrected chi connectivity index (χ3v) is 20.3. The Morgan fingerprint density at radius 2 is 0.640 bits per heavy atom. The molecule has 19 heteroatoms. The highest BCUT2D eigenvalue weighted by atomic mass is 16.8. The van der Waals surface area contributed by atoms with Crippen LogP contribution in [0.5, 0.6) is 0 Å². The maximum absolute atomic E-state index is 13.5. The van der Waals surface area contributed by atoms with Gasteiger partial charge in [-0.1, -0.05) is 300 Å². The molecule has 12 N–H and O–H groups in total. The second-order valence-corrected chi connectivity index (χ2v) is 29.2. The summed E-state index contributed by atoms with van der Waals surface area (Å²) in [6, 6.07) is -0.997. The molecule has 3 fully saturated rings. The minimum absolute atomic E-state index is 0.235. The van der Waals surface area contributed by atoms with Crippen molar-refractivity contribution in [3.8, 4) is 0 Å². The van der Waals surface area contributed by atoms with Gasteiger partial charge in [-0.25, -0.2) is 0 Å². The van der Waals surface area contributed by atoms with Gasteiger partial charge in [-0.2, -0.15) is 0 Å². The molecule has 3 rings (SSSR count). The zero-order valence-electron chi connectivity index (χ0n) is 62.7. The van der Waals surface area contributed by atoms with Gasteiger partial charge in [0, 0.05) is 6.42 Å². The molecule has 0 aromatic heterocycles. The lowest BCUT2D eigenvalue weighted by molar-refractivity contribution is -0.379. The van der Waals surface area contributed by atoms with E-state index in [1.165, 1.54) is 250 Å². The fraction of sp³-hybridized carbons (Fsp3) is 0.889. The fourth-order valence-corrected chi connectivity index (χ4v) is 13.8. The monoisotopic (exact) mass is 1420 g/mol. The van der Waals surface area contributed by atoms with E-state index in [1.807, 2.05) is 6.08 Å². The predicted molar refractivity (Wildman–Crippen MR) is 397 cm³/mol. The quantitative estimate of drug-likeness (QED) is 0.0199. The van der Waals surface area contributed by atoms with Crippen molar-refractivity contribution in [3.05, 3.63) is 48.6 Å². The molecular weight excluding hydrogens is 1270 g/mol. The van der Waals surface area contributed by atoms with Crippen LogP contribution in [0, 0.1) is 0 Å². The van der Waals surface area contributed by atoms with Crippen LogP contribution in [-0.4, -0.2) is 193 Å². The van der Waals surface area contributed by atoms with E-state index in [0.717, 1.165) is 44.9 Å². The van der Waals surface area contributed by atoms with Crippen molar-refractivity contribution < 1.29 is 89.4 Å². The van der Waals surface area contributed by atoms with Crippen LogP contribution in [0.15, 0.2) is 48.6 Å². The van der Waals surface area contributed by atoms with Crippen molar-refractivity contribution in [2.24, 2.45) is 0 Å². The molecule has 3 saturated heterocycles. The summed E-state index contributed by atoms with van der Waals surface area (Å²) in [5.74, 6) is -0.284. The molecule has 3 aliphatic rings. The summed E-state index contributed by atoms with van der Waals surface area (Å²) >= 11 is 0. The third-order valence-electron chi connectivity index (χ3n) is 20.3. The zero-order chi connectivity index (χ0) is 72.5. The average Bonchev–Trinajstić information content (AvgIpc) is 0.783. The van der Waals surface area contributed by atoms with Crippen molar-refractivity contribution >= 4 is 5.91 Å². The molecule has 586 valence electrons. The number of carbonyl (C=O) groups is 1. The van der Waals surface area contributed by atoms with Gasteiger partial charge in [0.05, 0.1) is 38.6 Å². The number of amides is 1. The first kappa shape index (κ1) is 92.0. The molecule has 0 aliphatic carbocycles. The van der Waals surface area contributed by atoms with Crippen molar-refractivity contribution in [1.82, 2.24) is 5.32 Å². The molecule has 1 amide bonds. The number of hydrogen-bond acceptors (Lipinski definition) is 18. The van der Waals surface area contributed by atoms with E-state index < -0.39 is 124 Å². The van der Waals surface area contributed by atoms with Crippen LogP contribution in [0.3, 0.4) is 0 Å². The van der Waals surface area contributed by atoms with E-state index in [4.69, 9.17) is 28.4 Å². The van der Waals surface area contributed by atoms with Crippen molar-refractivity contribution in [2.45, 2.75) is 433 Å². The lowest BCUT2D eigenvalue weighted by Gasteiger charge is -2.48. The first-order chi connectivity index (χ1) is 48.8. The predicted octanol–water partition coefficient (Wildman–Crippen LogP) is 13.7. The summed E-state index contributed by atoms with van der Waals surface area (Å²) in [7, 11) is 0. The van der Waals surface area contributed by atoms with Crippen LogP contribution < -0.4 is 5.32 Å². The summed E-state index contributed by atoms with van der Waals surface area (Å²) < 4.78 is 34.4. The van der Waals surface area contributed by atoms with Gasteiger partial charge < -0.3 is 89.9 Å². The van der Waals surface area contributed by atoms with Gasteiger partial charge in [-0.3, -0.25) is 4.79 Å². The molecule has 17 unspecified atom stereocenters. The van der Waals surface area contributed by atoms with Crippen LogP contribution >= 0.6 is 0 Å². The number of ether oxygens (including phenoxy) is 6. The van der Waals surface area contributed by atoms with Gasteiger partial charge in [0.15, 0.2) is 18.9 Å². The van der Waals surface area contributed by atoms with E-state index >= 15 is 0 Å². The summed E-state index contributed by atoms with van der Waals surface area (Å²) in [6.45, 7) is 1.75. The number of aliphatic hydroxyl groups excluding tert-OH is 11. The number of hydrogen-bond donors (Lipinski definition) is 12. The molecule has 0 bridgehead atoms. The summed E-state index contributed by atoms with van der Waals surface area (Å²) in [5.41, 5.74) is 0. The minimum atomic E-state index is -1.98. The second-order valence-electron chi connectivity index (χ2n) is 29.2. The highest BCUT2D eigenvalue weighted by Gasteiger charge is 2.54. The molecular formula is C81H149NO18. The Kier molecular flexibility index (Phi) is 56.9. The largest absolute Gasteiger partial charge is 0.394 e. The summed E-state index contributed by atoms with van der Waals surface area (Å²) in [4.78, 5) is 13.5. The van der Waals surface area contributed by atoms with E-state index in [9.17, 15) is 61.0 Å². The number of unbranched alkanes of at least 4 members (excludes halogenated alkanes) is 43. The van der Waals surface area contributed by atoms with Gasteiger partial charge in [0.25, 0.3) is 0 Å². The van der Waals surface area contributed by atoms with Gasteiger partial charge in [0.2, 0.25) is 5.91 Å². The maximum atomic E-state index is 13.5. The van der Waals surface area contributed by atoms with Crippen LogP contribution in [-0.2, 0) is 33.2 Å². The molecule has 100 heavy (non-hydrogen) atoms. The molecule has 0 spiro atoms.